The summed E-state index contributed by atoms with van der Waals surface area (Å²) < 4.78 is 14.2. The van der Waals surface area contributed by atoms with E-state index in [1.165, 1.54) is 6.07 Å². The van der Waals surface area contributed by atoms with Gasteiger partial charge in [0.1, 0.15) is 5.82 Å². The van der Waals surface area contributed by atoms with Crippen LogP contribution in [0.2, 0.25) is 5.02 Å². The molecule has 3 rings (SSSR count). The van der Waals surface area contributed by atoms with Crippen LogP contribution in [0.4, 0.5) is 4.39 Å². The summed E-state index contributed by atoms with van der Waals surface area (Å²) >= 11 is 6.13. The van der Waals surface area contributed by atoms with Crippen molar-refractivity contribution < 1.29 is 4.39 Å². The van der Waals surface area contributed by atoms with Crippen LogP contribution in [0.1, 0.15) is 18.4 Å². The summed E-state index contributed by atoms with van der Waals surface area (Å²) in [6.45, 7) is 0.665. The highest BCUT2D eigenvalue weighted by Crippen LogP contribution is 2.34. The Labute approximate surface area is 134 Å². The highest BCUT2D eigenvalue weighted by Gasteiger charge is 2.15. The maximum absolute atomic E-state index is 14.2. The molecule has 0 aliphatic heterocycles. The lowest BCUT2D eigenvalue weighted by Gasteiger charge is -2.06. The Kier molecular flexibility index (Phi) is 4.46. The summed E-state index contributed by atoms with van der Waals surface area (Å²) in [4.78, 5) is 3.35. The molecule has 3 aromatic rings. The summed E-state index contributed by atoms with van der Waals surface area (Å²) in [6.07, 6.45) is 2.77. The maximum atomic E-state index is 14.2. The number of hydrogen-bond acceptors (Lipinski definition) is 1. The Morgan fingerprint density at radius 2 is 1.91 bits per heavy atom. The second-order valence-electron chi connectivity index (χ2n) is 5.39. The van der Waals surface area contributed by atoms with E-state index in [0.29, 0.717) is 17.1 Å². The van der Waals surface area contributed by atoms with Crippen molar-refractivity contribution >= 4 is 22.5 Å². The van der Waals surface area contributed by atoms with Gasteiger partial charge in [-0.1, -0.05) is 23.7 Å². The van der Waals surface area contributed by atoms with Crippen LogP contribution < -0.4 is 5.73 Å². The molecule has 22 heavy (non-hydrogen) atoms. The number of aromatic amines is 1. The zero-order chi connectivity index (χ0) is 15.5. The topological polar surface area (TPSA) is 41.8 Å². The summed E-state index contributed by atoms with van der Waals surface area (Å²) in [6, 6.07) is 12.6. The van der Waals surface area contributed by atoms with Crippen LogP contribution in [-0.4, -0.2) is 11.5 Å². The van der Waals surface area contributed by atoms with Crippen LogP contribution in [0.25, 0.3) is 22.2 Å². The quantitative estimate of drug-likeness (QED) is 0.645. The number of hydrogen-bond donors (Lipinski definition) is 2. The van der Waals surface area contributed by atoms with Crippen molar-refractivity contribution in [2.24, 2.45) is 5.73 Å². The fourth-order valence-electron chi connectivity index (χ4n) is 2.82. The molecular weight excluding hydrogens is 299 g/mol. The van der Waals surface area contributed by atoms with Crippen molar-refractivity contribution in [1.29, 1.82) is 0 Å². The highest BCUT2D eigenvalue weighted by molar-refractivity contribution is 6.31. The molecule has 4 heteroatoms. The van der Waals surface area contributed by atoms with Crippen molar-refractivity contribution in [1.82, 2.24) is 4.98 Å². The van der Waals surface area contributed by atoms with E-state index in [9.17, 15) is 4.39 Å². The SMILES string of the molecule is NCCCCc1c(-c2ccccc2F)[nH]c2ccc(Cl)cc12. The molecule has 0 saturated heterocycles. The van der Waals surface area contributed by atoms with Gasteiger partial charge in [0.25, 0.3) is 0 Å². The molecule has 0 radical (unpaired) electrons. The van der Waals surface area contributed by atoms with Gasteiger partial charge in [-0.2, -0.15) is 0 Å². The maximum Gasteiger partial charge on any atom is 0.132 e. The monoisotopic (exact) mass is 316 g/mol. The molecule has 0 atom stereocenters. The van der Waals surface area contributed by atoms with Gasteiger partial charge in [0.05, 0.1) is 5.69 Å². The fourth-order valence-corrected chi connectivity index (χ4v) is 2.99. The Bertz CT molecular complexity index is 795. The van der Waals surface area contributed by atoms with Gasteiger partial charge in [0.15, 0.2) is 0 Å². The lowest BCUT2D eigenvalue weighted by atomic mass is 10.00. The third-order valence-corrected chi connectivity index (χ3v) is 4.13. The predicted molar refractivity (Wildman–Crippen MR) is 90.7 cm³/mol. The largest absolute Gasteiger partial charge is 0.354 e. The first-order valence-corrected chi connectivity index (χ1v) is 7.83. The van der Waals surface area contributed by atoms with Crippen molar-refractivity contribution in [3.05, 3.63) is 58.9 Å². The number of H-pyrrole nitrogens is 1. The van der Waals surface area contributed by atoms with Gasteiger partial charge in [0, 0.05) is 21.5 Å². The molecule has 0 bridgehead atoms. The molecule has 1 aromatic heterocycles. The first kappa shape index (κ1) is 15.1. The Morgan fingerprint density at radius 3 is 2.68 bits per heavy atom. The summed E-state index contributed by atoms with van der Waals surface area (Å²) in [5.41, 5.74) is 9.11. The zero-order valence-electron chi connectivity index (χ0n) is 12.2. The average Bonchev–Trinajstić information content (AvgIpc) is 2.86. The number of fused-ring (bicyclic) bond motifs is 1. The van der Waals surface area contributed by atoms with Crippen molar-refractivity contribution in [2.75, 3.05) is 6.54 Å². The van der Waals surface area contributed by atoms with E-state index in [1.807, 2.05) is 24.3 Å². The molecule has 0 aliphatic carbocycles. The second-order valence-corrected chi connectivity index (χ2v) is 5.83. The van der Waals surface area contributed by atoms with Crippen LogP contribution in [0.3, 0.4) is 0 Å². The lowest BCUT2D eigenvalue weighted by Crippen LogP contribution is -1.99. The van der Waals surface area contributed by atoms with Gasteiger partial charge in [-0.3, -0.25) is 0 Å². The van der Waals surface area contributed by atoms with Gasteiger partial charge in [0.2, 0.25) is 0 Å². The Hall–Kier alpha value is -1.84. The van der Waals surface area contributed by atoms with E-state index in [1.54, 1.807) is 12.1 Å². The molecule has 0 aliphatic rings. The normalized spacial score (nSPS) is 11.2. The number of nitrogens with one attached hydrogen (secondary N) is 1. The highest BCUT2D eigenvalue weighted by atomic mass is 35.5. The number of nitrogens with two attached hydrogens (primary N) is 1. The van der Waals surface area contributed by atoms with E-state index >= 15 is 0 Å². The first-order valence-electron chi connectivity index (χ1n) is 7.46. The summed E-state index contributed by atoms with van der Waals surface area (Å²) in [5, 5.41) is 1.74. The average molecular weight is 317 g/mol. The number of rotatable bonds is 5. The van der Waals surface area contributed by atoms with Crippen LogP contribution in [-0.2, 0) is 6.42 Å². The fraction of sp³-hybridized carbons (Fsp3) is 0.222. The summed E-state index contributed by atoms with van der Waals surface area (Å²) in [5.74, 6) is -0.222. The van der Waals surface area contributed by atoms with Crippen molar-refractivity contribution in [3.63, 3.8) is 0 Å². The van der Waals surface area contributed by atoms with E-state index in [2.05, 4.69) is 4.98 Å². The van der Waals surface area contributed by atoms with Crippen molar-refractivity contribution in [3.8, 4) is 11.3 Å². The molecule has 3 N–H and O–H groups in total. The number of aryl methyl sites for hydroxylation is 1. The number of unbranched alkanes of at least 4 members (excludes halogenated alkanes) is 1. The van der Waals surface area contributed by atoms with E-state index < -0.39 is 0 Å². The second kappa shape index (κ2) is 6.51. The smallest absolute Gasteiger partial charge is 0.132 e. The van der Waals surface area contributed by atoms with E-state index in [-0.39, 0.29) is 5.82 Å². The van der Waals surface area contributed by atoms with Gasteiger partial charge in [-0.15, -0.1) is 0 Å². The molecule has 0 spiro atoms. The van der Waals surface area contributed by atoms with Crippen LogP contribution >= 0.6 is 11.6 Å². The molecular formula is C18H18ClFN2. The van der Waals surface area contributed by atoms with Gasteiger partial charge in [-0.05, 0) is 61.7 Å². The van der Waals surface area contributed by atoms with Gasteiger partial charge < -0.3 is 10.7 Å². The molecule has 114 valence electrons. The molecule has 2 aromatic carbocycles. The number of aromatic nitrogens is 1. The number of benzene rings is 2. The Balaban J connectivity index is 2.15. The van der Waals surface area contributed by atoms with Gasteiger partial charge >= 0.3 is 0 Å². The minimum absolute atomic E-state index is 0.222. The molecule has 0 fully saturated rings. The van der Waals surface area contributed by atoms with Gasteiger partial charge in [-0.25, -0.2) is 4.39 Å². The molecule has 2 nitrogen and oxygen atoms in total. The van der Waals surface area contributed by atoms with E-state index in [4.69, 9.17) is 17.3 Å². The van der Waals surface area contributed by atoms with E-state index in [0.717, 1.165) is 41.4 Å². The third-order valence-electron chi connectivity index (χ3n) is 3.89. The third kappa shape index (κ3) is 2.87. The van der Waals surface area contributed by atoms with Crippen LogP contribution in [0, 0.1) is 5.82 Å². The molecule has 0 unspecified atom stereocenters. The minimum Gasteiger partial charge on any atom is -0.354 e. The molecule has 0 amide bonds. The first-order chi connectivity index (χ1) is 10.7. The lowest BCUT2D eigenvalue weighted by molar-refractivity contribution is 0.630. The Morgan fingerprint density at radius 1 is 1.09 bits per heavy atom. The van der Waals surface area contributed by atoms with Crippen LogP contribution in [0.15, 0.2) is 42.5 Å². The van der Waals surface area contributed by atoms with Crippen molar-refractivity contribution in [2.45, 2.75) is 19.3 Å². The standard InChI is InChI=1S/C18H18ClFN2/c19-12-8-9-17-15(11-12)13(5-3-4-10-21)18(22-17)14-6-1-2-7-16(14)20/h1-2,6-9,11,22H,3-5,10,21H2. The predicted octanol–water partition coefficient (Wildman–Crippen LogP) is 4.91. The molecule has 1 heterocycles. The minimum atomic E-state index is -0.222. The van der Waals surface area contributed by atoms with Crippen LogP contribution in [0.5, 0.6) is 0 Å². The number of halogens is 2. The molecule has 0 saturated carbocycles. The zero-order valence-corrected chi connectivity index (χ0v) is 13.0. The summed E-state index contributed by atoms with van der Waals surface area (Å²) in [7, 11) is 0.